The second kappa shape index (κ2) is 48.3. The number of hydrogen-bond acceptors (Lipinski definition) is 10. The number of allylic oxidation sites excluding steroid dienone is 9. The molecule has 0 aromatic carbocycles. The van der Waals surface area contributed by atoms with Crippen molar-refractivity contribution < 1.29 is 49.3 Å². The van der Waals surface area contributed by atoms with E-state index < -0.39 is 67.4 Å². The largest absolute Gasteiger partial charge is 0.454 e. The van der Waals surface area contributed by atoms with Gasteiger partial charge in [-0.3, -0.25) is 9.59 Å². The van der Waals surface area contributed by atoms with Gasteiger partial charge in [0.25, 0.3) is 0 Å². The number of amides is 1. The normalized spacial score (nSPS) is 20.0. The van der Waals surface area contributed by atoms with Gasteiger partial charge in [-0.25, -0.2) is 0 Å². The third kappa shape index (κ3) is 36.9. The van der Waals surface area contributed by atoms with E-state index >= 15 is 0 Å². The van der Waals surface area contributed by atoms with Crippen molar-refractivity contribution in [3.8, 4) is 0 Å². The lowest BCUT2D eigenvalue weighted by Crippen LogP contribution is -2.61. The Morgan fingerprint density at radius 3 is 1.54 bits per heavy atom. The summed E-state index contributed by atoms with van der Waals surface area (Å²) in [4.78, 5) is 26.4. The fourth-order valence-corrected chi connectivity index (χ4v) is 8.70. The Morgan fingerprint density at radius 2 is 0.986 bits per heavy atom. The highest BCUT2D eigenvalue weighted by molar-refractivity contribution is 5.80. The van der Waals surface area contributed by atoms with Crippen LogP contribution >= 0.6 is 0 Å². The van der Waals surface area contributed by atoms with E-state index in [0.29, 0.717) is 12.8 Å². The lowest BCUT2D eigenvalue weighted by Gasteiger charge is -2.41. The second-order valence-corrected chi connectivity index (χ2v) is 20.0. The number of aliphatic hydroxyl groups excluding tert-OH is 5. The van der Waals surface area contributed by atoms with Crippen LogP contribution < -0.4 is 5.32 Å². The monoisotopic (exact) mass is 1000 g/mol. The molecule has 1 aliphatic rings. The molecule has 11 nitrogen and oxygen atoms in total. The van der Waals surface area contributed by atoms with Crippen LogP contribution in [0, 0.1) is 0 Å². The van der Waals surface area contributed by atoms with Crippen LogP contribution in [-0.2, 0) is 23.8 Å². The number of aliphatic hydroxyl groups is 5. The minimum absolute atomic E-state index is 0.111. The van der Waals surface area contributed by atoms with Crippen molar-refractivity contribution in [2.24, 2.45) is 0 Å². The average Bonchev–Trinajstić information content (AvgIpc) is 3.37. The van der Waals surface area contributed by atoms with Crippen LogP contribution in [0.4, 0.5) is 0 Å². The van der Waals surface area contributed by atoms with E-state index in [4.69, 9.17) is 14.2 Å². The first kappa shape index (κ1) is 66.4. The second-order valence-electron chi connectivity index (χ2n) is 20.0. The number of carbonyl (C=O) groups is 2. The molecular formula is C60H107NO10. The third-order valence-corrected chi connectivity index (χ3v) is 13.4. The van der Waals surface area contributed by atoms with E-state index in [-0.39, 0.29) is 19.4 Å². The molecule has 1 fully saturated rings. The van der Waals surface area contributed by atoms with Crippen molar-refractivity contribution in [2.75, 3.05) is 13.2 Å². The molecule has 1 amide bonds. The molecule has 0 radical (unpaired) electrons. The molecule has 1 rings (SSSR count). The first-order valence-electron chi connectivity index (χ1n) is 29.1. The minimum Gasteiger partial charge on any atom is -0.454 e. The number of unbranched alkanes of at least 4 members (excludes halogenated alkanes) is 26. The maximum absolute atomic E-state index is 13.4. The summed E-state index contributed by atoms with van der Waals surface area (Å²) < 4.78 is 17.5. The number of ether oxygens (including phenoxy) is 3. The Morgan fingerprint density at radius 1 is 0.549 bits per heavy atom. The van der Waals surface area contributed by atoms with Crippen molar-refractivity contribution in [2.45, 2.75) is 294 Å². The van der Waals surface area contributed by atoms with Crippen LogP contribution in [0.1, 0.15) is 245 Å². The fraction of sp³-hybridized carbons (Fsp3) is 0.800. The first-order chi connectivity index (χ1) is 34.7. The van der Waals surface area contributed by atoms with E-state index in [0.717, 1.165) is 103 Å². The number of carbonyl (C=O) groups excluding carboxylic acids is 2. The maximum Gasteiger partial charge on any atom is 0.306 e. The summed E-state index contributed by atoms with van der Waals surface area (Å²) in [6, 6.07) is -1.03. The molecule has 1 aliphatic heterocycles. The standard InChI is InChI=1S/C60H107NO10/c1-4-7-10-13-16-19-22-23-24-25-26-27-28-29-30-33-35-38-41-44-47-53(64)59(68)61-51(52(63)46-43-40-37-34-31-20-17-14-11-8-5-2)50-69-60-58(57(67)56(66)54(49-62)70-60)71-55(65)48-45-42-39-36-32-21-18-15-12-9-6-3/h15-16,18-19,23-24,26-27,43,46,51-54,56-58,60,62-64,66-67H,4-14,17,20-22,25,28-42,44-45,47-50H2,1-3H3,(H,61,68)/b18-15-,19-16-,24-23-,27-26-,46-43+. The quantitative estimate of drug-likeness (QED) is 0.0196. The molecule has 0 saturated carbocycles. The predicted molar refractivity (Wildman–Crippen MR) is 292 cm³/mol. The highest BCUT2D eigenvalue weighted by Crippen LogP contribution is 2.26. The number of esters is 1. The van der Waals surface area contributed by atoms with Crippen molar-refractivity contribution in [1.82, 2.24) is 5.32 Å². The molecule has 8 atom stereocenters. The molecule has 6 N–H and O–H groups in total. The summed E-state index contributed by atoms with van der Waals surface area (Å²) in [6.07, 6.45) is 48.4. The first-order valence-corrected chi connectivity index (χ1v) is 29.1. The van der Waals surface area contributed by atoms with Crippen LogP contribution in [-0.4, -0.2) is 99.6 Å². The summed E-state index contributed by atoms with van der Waals surface area (Å²) in [5.41, 5.74) is 0. The highest BCUT2D eigenvalue weighted by atomic mass is 16.7. The van der Waals surface area contributed by atoms with Gasteiger partial charge in [0.15, 0.2) is 12.4 Å². The van der Waals surface area contributed by atoms with Crippen molar-refractivity contribution in [3.05, 3.63) is 60.8 Å². The zero-order valence-electron chi connectivity index (χ0n) is 45.3. The molecule has 11 heteroatoms. The van der Waals surface area contributed by atoms with Gasteiger partial charge in [-0.15, -0.1) is 0 Å². The van der Waals surface area contributed by atoms with Gasteiger partial charge >= 0.3 is 5.97 Å². The molecule has 412 valence electrons. The summed E-state index contributed by atoms with van der Waals surface area (Å²) in [6.45, 7) is 5.69. The van der Waals surface area contributed by atoms with Crippen LogP contribution in [0.15, 0.2) is 60.8 Å². The average molecular weight is 1000 g/mol. The zero-order chi connectivity index (χ0) is 51.8. The van der Waals surface area contributed by atoms with Crippen molar-refractivity contribution in [1.29, 1.82) is 0 Å². The van der Waals surface area contributed by atoms with E-state index in [2.05, 4.69) is 74.7 Å². The van der Waals surface area contributed by atoms with E-state index in [1.54, 1.807) is 6.08 Å². The number of hydrogen-bond donors (Lipinski definition) is 6. The molecule has 0 spiro atoms. The molecule has 0 bridgehead atoms. The third-order valence-electron chi connectivity index (χ3n) is 13.4. The van der Waals surface area contributed by atoms with Gasteiger partial charge in [0.05, 0.1) is 25.4 Å². The zero-order valence-corrected chi connectivity index (χ0v) is 45.3. The molecule has 0 aliphatic carbocycles. The van der Waals surface area contributed by atoms with Crippen LogP contribution in [0.3, 0.4) is 0 Å². The molecule has 71 heavy (non-hydrogen) atoms. The lowest BCUT2D eigenvalue weighted by atomic mass is 9.99. The molecular weight excluding hydrogens is 895 g/mol. The van der Waals surface area contributed by atoms with Crippen LogP contribution in [0.2, 0.25) is 0 Å². The summed E-state index contributed by atoms with van der Waals surface area (Å²) in [7, 11) is 0. The smallest absolute Gasteiger partial charge is 0.306 e. The number of nitrogens with one attached hydrogen (secondary N) is 1. The van der Waals surface area contributed by atoms with Gasteiger partial charge in [0.1, 0.15) is 24.4 Å². The van der Waals surface area contributed by atoms with Crippen molar-refractivity contribution in [3.63, 3.8) is 0 Å². The molecule has 0 aromatic rings. The van der Waals surface area contributed by atoms with E-state index in [1.165, 1.54) is 96.3 Å². The van der Waals surface area contributed by atoms with Gasteiger partial charge in [-0.1, -0.05) is 216 Å². The fourth-order valence-electron chi connectivity index (χ4n) is 8.70. The van der Waals surface area contributed by atoms with Gasteiger partial charge in [-0.05, 0) is 83.5 Å². The highest BCUT2D eigenvalue weighted by Gasteiger charge is 2.47. The summed E-state index contributed by atoms with van der Waals surface area (Å²) in [5.74, 6) is -1.21. The summed E-state index contributed by atoms with van der Waals surface area (Å²) >= 11 is 0. The van der Waals surface area contributed by atoms with E-state index in [1.807, 2.05) is 6.08 Å². The van der Waals surface area contributed by atoms with Gasteiger partial charge in [0, 0.05) is 6.42 Å². The Labute approximate surface area is 433 Å². The molecule has 0 aromatic heterocycles. The summed E-state index contributed by atoms with van der Waals surface area (Å²) in [5, 5.41) is 56.7. The Bertz CT molecular complexity index is 1380. The van der Waals surface area contributed by atoms with Crippen molar-refractivity contribution >= 4 is 11.9 Å². The van der Waals surface area contributed by atoms with Gasteiger partial charge in [-0.2, -0.15) is 0 Å². The van der Waals surface area contributed by atoms with Crippen LogP contribution in [0.25, 0.3) is 0 Å². The SMILES string of the molecule is CCCC/C=C\CCCCCCCC(=O)OC1C(OCC(NC(=O)C(O)CCCCCCCCC/C=C\C/C=C\C/C=C\CCCCC)C(O)/C=C/CCCCCCCCCCC)OC(CO)C(O)C1O. The Kier molecular flexibility index (Phi) is 45.2. The topological polar surface area (TPSA) is 175 Å². The lowest BCUT2D eigenvalue weighted by molar-refractivity contribution is -0.305. The molecule has 1 saturated heterocycles. The van der Waals surface area contributed by atoms with Gasteiger partial charge in [0.2, 0.25) is 5.91 Å². The van der Waals surface area contributed by atoms with E-state index in [9.17, 15) is 35.1 Å². The minimum atomic E-state index is -1.62. The van der Waals surface area contributed by atoms with Crippen LogP contribution in [0.5, 0.6) is 0 Å². The predicted octanol–water partition coefficient (Wildman–Crippen LogP) is 13.1. The number of rotatable bonds is 48. The Hall–Kier alpha value is -2.64. The molecule has 8 unspecified atom stereocenters. The maximum atomic E-state index is 13.4. The Balaban J connectivity index is 2.69. The van der Waals surface area contributed by atoms with Gasteiger partial charge < -0.3 is 45.1 Å². The molecule has 1 heterocycles.